The third-order valence-electron chi connectivity index (χ3n) is 4.90. The molecule has 0 saturated carbocycles. The van der Waals surface area contributed by atoms with Gasteiger partial charge in [0.15, 0.2) is 0 Å². The van der Waals surface area contributed by atoms with E-state index in [0.717, 1.165) is 55.6 Å². The van der Waals surface area contributed by atoms with Crippen LogP contribution in [0.2, 0.25) is 0 Å². The van der Waals surface area contributed by atoms with Crippen molar-refractivity contribution in [1.82, 2.24) is 20.6 Å². The van der Waals surface area contributed by atoms with Gasteiger partial charge < -0.3 is 20.7 Å². The molecule has 1 aliphatic heterocycles. The van der Waals surface area contributed by atoms with Crippen molar-refractivity contribution in [3.63, 3.8) is 0 Å². The molecule has 0 bridgehead atoms. The largest absolute Gasteiger partial charge is 0.387 e. The number of hydrogen-bond acceptors (Lipinski definition) is 4. The number of aromatic nitrogens is 2. The summed E-state index contributed by atoms with van der Waals surface area (Å²) < 4.78 is 0. The number of rotatable bonds is 6. The summed E-state index contributed by atoms with van der Waals surface area (Å²) in [5.41, 5.74) is 4.18. The first-order valence-electron chi connectivity index (χ1n) is 8.66. The number of H-pyrrole nitrogens is 1. The van der Waals surface area contributed by atoms with E-state index in [2.05, 4.69) is 41.6 Å². The van der Waals surface area contributed by atoms with Crippen molar-refractivity contribution in [3.8, 4) is 0 Å². The zero-order chi connectivity index (χ0) is 16.3. The Labute approximate surface area is 137 Å². The van der Waals surface area contributed by atoms with E-state index in [-0.39, 0.29) is 0 Å². The van der Waals surface area contributed by atoms with Crippen LogP contribution in [0.5, 0.6) is 0 Å². The third kappa shape index (κ3) is 3.91. The van der Waals surface area contributed by atoms with Crippen LogP contribution in [-0.2, 0) is 6.42 Å². The Morgan fingerprint density at radius 1 is 1.35 bits per heavy atom. The van der Waals surface area contributed by atoms with Crippen molar-refractivity contribution in [2.45, 2.75) is 45.1 Å². The monoisotopic (exact) mass is 316 g/mol. The smallest absolute Gasteiger partial charge is 0.107 e. The molecule has 0 radical (unpaired) electrons. The van der Waals surface area contributed by atoms with E-state index in [4.69, 9.17) is 4.98 Å². The molecule has 1 unspecified atom stereocenters. The van der Waals surface area contributed by atoms with Gasteiger partial charge in [-0.3, -0.25) is 0 Å². The molecule has 1 aromatic carbocycles. The molecule has 0 amide bonds. The minimum Gasteiger partial charge on any atom is -0.387 e. The molecule has 2 aromatic rings. The van der Waals surface area contributed by atoms with E-state index in [9.17, 15) is 5.11 Å². The molecule has 1 fully saturated rings. The van der Waals surface area contributed by atoms with Gasteiger partial charge in [0.25, 0.3) is 0 Å². The molecule has 126 valence electrons. The van der Waals surface area contributed by atoms with Crippen molar-refractivity contribution in [2.75, 3.05) is 26.2 Å². The molecule has 4 N–H and O–H groups in total. The number of hydrogen-bond donors (Lipinski definition) is 4. The molecule has 1 atom stereocenters. The first-order chi connectivity index (χ1) is 11.1. The molecular formula is C18H28N4O. The minimum absolute atomic E-state index is 0.577. The van der Waals surface area contributed by atoms with Gasteiger partial charge in [-0.25, -0.2) is 4.98 Å². The number of nitrogens with zero attached hydrogens (tertiary/aromatic N) is 1. The Morgan fingerprint density at radius 2 is 2.22 bits per heavy atom. The van der Waals surface area contributed by atoms with Gasteiger partial charge in [0.1, 0.15) is 5.82 Å². The van der Waals surface area contributed by atoms with Crippen LogP contribution >= 0.6 is 0 Å². The predicted molar refractivity (Wildman–Crippen MR) is 93.8 cm³/mol. The fourth-order valence-corrected chi connectivity index (χ4v) is 3.29. The lowest BCUT2D eigenvalue weighted by molar-refractivity contribution is 0.0173. The second kappa shape index (κ2) is 6.99. The van der Waals surface area contributed by atoms with Crippen LogP contribution in [0.1, 0.15) is 36.2 Å². The van der Waals surface area contributed by atoms with Gasteiger partial charge in [-0.15, -0.1) is 0 Å². The van der Waals surface area contributed by atoms with Crippen molar-refractivity contribution in [3.05, 3.63) is 29.1 Å². The molecule has 0 spiro atoms. The van der Waals surface area contributed by atoms with Crippen LogP contribution < -0.4 is 10.6 Å². The summed E-state index contributed by atoms with van der Waals surface area (Å²) in [5.74, 6) is 1.05. The molecule has 23 heavy (non-hydrogen) atoms. The second-order valence-electron chi connectivity index (χ2n) is 6.87. The van der Waals surface area contributed by atoms with Crippen LogP contribution in [0.15, 0.2) is 12.1 Å². The minimum atomic E-state index is -0.577. The number of aliphatic hydroxyl groups is 1. The maximum atomic E-state index is 10.4. The summed E-state index contributed by atoms with van der Waals surface area (Å²) in [5, 5.41) is 17.0. The maximum absolute atomic E-state index is 10.4. The van der Waals surface area contributed by atoms with Crippen molar-refractivity contribution >= 4 is 11.0 Å². The first-order valence-corrected chi connectivity index (χ1v) is 8.66. The molecule has 1 aliphatic rings. The van der Waals surface area contributed by atoms with Crippen LogP contribution in [0.4, 0.5) is 0 Å². The quantitative estimate of drug-likeness (QED) is 0.613. The average Bonchev–Trinajstić information content (AvgIpc) is 2.95. The molecule has 1 saturated heterocycles. The summed E-state index contributed by atoms with van der Waals surface area (Å²) in [6.07, 6.45) is 3.88. The number of benzene rings is 1. The number of piperidine rings is 1. The number of fused-ring (bicyclic) bond motifs is 1. The van der Waals surface area contributed by atoms with Crippen molar-refractivity contribution in [1.29, 1.82) is 0 Å². The molecule has 1 aromatic heterocycles. The second-order valence-corrected chi connectivity index (χ2v) is 6.87. The Kier molecular flexibility index (Phi) is 4.99. The number of nitrogens with one attached hydrogen (secondary N) is 3. The Hall–Kier alpha value is -1.43. The summed E-state index contributed by atoms with van der Waals surface area (Å²) in [6.45, 7) is 7.53. The highest BCUT2D eigenvalue weighted by atomic mass is 16.3. The lowest BCUT2D eigenvalue weighted by atomic mass is 9.94. The van der Waals surface area contributed by atoms with Gasteiger partial charge >= 0.3 is 0 Å². The average molecular weight is 316 g/mol. The summed E-state index contributed by atoms with van der Waals surface area (Å²) in [4.78, 5) is 8.14. The van der Waals surface area contributed by atoms with Gasteiger partial charge in [-0.1, -0.05) is 6.07 Å². The van der Waals surface area contributed by atoms with Gasteiger partial charge in [0.05, 0.1) is 16.6 Å². The van der Waals surface area contributed by atoms with Crippen molar-refractivity contribution < 1.29 is 5.11 Å². The fourth-order valence-electron chi connectivity index (χ4n) is 3.29. The Balaban J connectivity index is 1.46. The topological polar surface area (TPSA) is 73.0 Å². The highest BCUT2D eigenvalue weighted by molar-refractivity contribution is 5.79. The van der Waals surface area contributed by atoms with Gasteiger partial charge in [0.2, 0.25) is 0 Å². The van der Waals surface area contributed by atoms with E-state index < -0.39 is 5.60 Å². The summed E-state index contributed by atoms with van der Waals surface area (Å²) >= 11 is 0. The molecule has 0 aliphatic carbocycles. The van der Waals surface area contributed by atoms with E-state index in [0.29, 0.717) is 13.1 Å². The van der Waals surface area contributed by atoms with E-state index in [1.165, 1.54) is 11.1 Å². The molecule has 3 rings (SSSR count). The highest BCUT2D eigenvalue weighted by Gasteiger charge is 2.28. The molecule has 5 heteroatoms. The normalized spacial score (nSPS) is 21.9. The molecular weight excluding hydrogens is 288 g/mol. The lowest BCUT2D eigenvalue weighted by Crippen LogP contribution is -2.52. The first kappa shape index (κ1) is 16.4. The molecule has 5 nitrogen and oxygen atoms in total. The number of aromatic amines is 1. The SMILES string of the molecule is Cc1ccc2[nH]c(CCCNCC3(O)CCCNC3)nc2c1C. The van der Waals surface area contributed by atoms with Crippen LogP contribution in [0.25, 0.3) is 11.0 Å². The van der Waals surface area contributed by atoms with E-state index in [1.807, 2.05) is 0 Å². The number of β-amino-alcohol motifs (C(OH)–C–C–N with tert-alkyl or cyclic N) is 1. The summed E-state index contributed by atoms with van der Waals surface area (Å²) in [6, 6.07) is 4.25. The van der Waals surface area contributed by atoms with Gasteiger partial charge in [-0.2, -0.15) is 0 Å². The van der Waals surface area contributed by atoms with E-state index in [1.54, 1.807) is 0 Å². The van der Waals surface area contributed by atoms with E-state index >= 15 is 0 Å². The van der Waals surface area contributed by atoms with Gasteiger partial charge in [-0.05, 0) is 63.4 Å². The Bertz CT molecular complexity index is 658. The summed E-state index contributed by atoms with van der Waals surface area (Å²) in [7, 11) is 0. The number of imidazole rings is 1. The lowest BCUT2D eigenvalue weighted by Gasteiger charge is -2.32. The van der Waals surface area contributed by atoms with Crippen LogP contribution in [-0.4, -0.2) is 46.9 Å². The molecule has 2 heterocycles. The zero-order valence-electron chi connectivity index (χ0n) is 14.2. The van der Waals surface area contributed by atoms with Gasteiger partial charge in [0, 0.05) is 19.5 Å². The number of aryl methyl sites for hydroxylation is 3. The van der Waals surface area contributed by atoms with Crippen molar-refractivity contribution in [2.24, 2.45) is 0 Å². The fraction of sp³-hybridized carbons (Fsp3) is 0.611. The van der Waals surface area contributed by atoms with Crippen LogP contribution in [0, 0.1) is 13.8 Å². The van der Waals surface area contributed by atoms with Crippen LogP contribution in [0.3, 0.4) is 0 Å². The predicted octanol–water partition coefficient (Wildman–Crippen LogP) is 1.82. The third-order valence-corrected chi connectivity index (χ3v) is 4.90. The Morgan fingerprint density at radius 3 is 3.00 bits per heavy atom. The maximum Gasteiger partial charge on any atom is 0.107 e. The zero-order valence-corrected chi connectivity index (χ0v) is 14.2. The highest BCUT2D eigenvalue weighted by Crippen LogP contribution is 2.19. The standard InChI is InChI=1S/C18H28N4O/c1-13-6-7-15-17(14(13)2)22-16(21-15)5-3-9-19-11-18(23)8-4-10-20-12-18/h6-7,19-20,23H,3-5,8-12H2,1-2H3,(H,21,22).